The zero-order valence-corrected chi connectivity index (χ0v) is 16.8. The van der Waals surface area contributed by atoms with Crippen molar-refractivity contribution in [3.63, 3.8) is 0 Å². The van der Waals surface area contributed by atoms with Gasteiger partial charge in [-0.1, -0.05) is 60.7 Å². The molecule has 0 aliphatic carbocycles. The monoisotopic (exact) mass is 400 g/mol. The van der Waals surface area contributed by atoms with Crippen LogP contribution in [0.5, 0.6) is 0 Å². The lowest BCUT2D eigenvalue weighted by molar-refractivity contribution is -0.113. The van der Waals surface area contributed by atoms with Crippen LogP contribution in [0.1, 0.15) is 11.1 Å². The predicted molar refractivity (Wildman–Crippen MR) is 120 cm³/mol. The van der Waals surface area contributed by atoms with Crippen LogP contribution in [-0.2, 0) is 16.1 Å². The summed E-state index contributed by atoms with van der Waals surface area (Å²) in [6, 6.07) is 27.3. The van der Waals surface area contributed by atoms with Crippen molar-refractivity contribution in [3.05, 3.63) is 101 Å². The molecule has 1 heterocycles. The van der Waals surface area contributed by atoms with Gasteiger partial charge in [0.25, 0.3) is 5.91 Å². The van der Waals surface area contributed by atoms with E-state index in [9.17, 15) is 4.79 Å². The van der Waals surface area contributed by atoms with E-state index in [1.807, 2.05) is 91.0 Å². The van der Waals surface area contributed by atoms with E-state index in [4.69, 9.17) is 9.73 Å². The predicted octanol–water partition coefficient (Wildman–Crippen LogP) is 5.64. The Morgan fingerprint density at radius 1 is 0.931 bits per heavy atom. The standard InChI is InChI=1S/C24H20N2O2S/c1-28-17-19-14-12-18(13-15-19)16-22-23(27)26(21-10-6-3-7-11-21)24(29-22)25-20-8-4-2-5-9-20/h2-16H,17H2,1H3. The number of hydrogen-bond donors (Lipinski definition) is 0. The van der Waals surface area contributed by atoms with E-state index in [1.54, 1.807) is 12.0 Å². The van der Waals surface area contributed by atoms with Crippen molar-refractivity contribution in [1.29, 1.82) is 0 Å². The van der Waals surface area contributed by atoms with E-state index in [0.29, 0.717) is 16.7 Å². The molecule has 0 spiro atoms. The average Bonchev–Trinajstić information content (AvgIpc) is 3.05. The number of ether oxygens (including phenoxy) is 1. The van der Waals surface area contributed by atoms with E-state index < -0.39 is 0 Å². The second-order valence-corrected chi connectivity index (χ2v) is 7.50. The van der Waals surface area contributed by atoms with Gasteiger partial charge >= 0.3 is 0 Å². The van der Waals surface area contributed by atoms with Crippen LogP contribution in [0.25, 0.3) is 6.08 Å². The number of nitrogens with zero attached hydrogens (tertiary/aromatic N) is 2. The zero-order chi connectivity index (χ0) is 20.1. The molecule has 1 aliphatic heterocycles. The first-order valence-electron chi connectivity index (χ1n) is 9.25. The molecule has 3 aromatic rings. The van der Waals surface area contributed by atoms with E-state index in [2.05, 4.69) is 0 Å². The Morgan fingerprint density at radius 3 is 2.24 bits per heavy atom. The number of amides is 1. The molecule has 1 amide bonds. The van der Waals surface area contributed by atoms with Gasteiger partial charge in [0.15, 0.2) is 5.17 Å². The summed E-state index contributed by atoms with van der Waals surface area (Å²) in [6.07, 6.45) is 1.91. The number of methoxy groups -OCH3 is 1. The van der Waals surface area contributed by atoms with Gasteiger partial charge in [0.05, 0.1) is 22.9 Å². The van der Waals surface area contributed by atoms with Crippen LogP contribution < -0.4 is 4.90 Å². The van der Waals surface area contributed by atoms with Crippen LogP contribution >= 0.6 is 11.8 Å². The molecule has 0 atom stereocenters. The van der Waals surface area contributed by atoms with Gasteiger partial charge in [0.1, 0.15) is 0 Å². The van der Waals surface area contributed by atoms with Crippen LogP contribution in [-0.4, -0.2) is 18.2 Å². The maximum Gasteiger partial charge on any atom is 0.271 e. The molecule has 0 N–H and O–H groups in total. The van der Waals surface area contributed by atoms with Crippen molar-refractivity contribution in [2.24, 2.45) is 4.99 Å². The third-order valence-electron chi connectivity index (χ3n) is 4.39. The third kappa shape index (κ3) is 4.47. The Bertz CT molecular complexity index is 1050. The van der Waals surface area contributed by atoms with Gasteiger partial charge in [0.2, 0.25) is 0 Å². The van der Waals surface area contributed by atoms with Crippen LogP contribution in [0, 0.1) is 0 Å². The third-order valence-corrected chi connectivity index (χ3v) is 5.36. The smallest absolute Gasteiger partial charge is 0.271 e. The minimum atomic E-state index is -0.0724. The minimum Gasteiger partial charge on any atom is -0.380 e. The number of rotatable bonds is 5. The largest absolute Gasteiger partial charge is 0.380 e. The summed E-state index contributed by atoms with van der Waals surface area (Å²) >= 11 is 1.39. The maximum absolute atomic E-state index is 13.2. The number of carbonyl (C=O) groups is 1. The molecule has 0 saturated carbocycles. The average molecular weight is 401 g/mol. The second kappa shape index (κ2) is 8.90. The molecule has 1 fully saturated rings. The van der Waals surface area contributed by atoms with E-state index >= 15 is 0 Å². The number of amidine groups is 1. The molecule has 4 rings (SSSR count). The number of carbonyl (C=O) groups excluding carboxylic acids is 1. The van der Waals surface area contributed by atoms with Gasteiger partial charge in [-0.3, -0.25) is 9.69 Å². The van der Waals surface area contributed by atoms with Crippen molar-refractivity contribution in [3.8, 4) is 0 Å². The lowest BCUT2D eigenvalue weighted by atomic mass is 10.1. The lowest BCUT2D eigenvalue weighted by Crippen LogP contribution is -2.28. The van der Waals surface area contributed by atoms with E-state index in [-0.39, 0.29) is 5.91 Å². The molecule has 5 heteroatoms. The highest BCUT2D eigenvalue weighted by atomic mass is 32.2. The molecule has 0 bridgehead atoms. The summed E-state index contributed by atoms with van der Waals surface area (Å²) in [6.45, 7) is 0.570. The van der Waals surface area contributed by atoms with Gasteiger partial charge in [0, 0.05) is 7.11 Å². The van der Waals surface area contributed by atoms with Crippen LogP contribution in [0.2, 0.25) is 0 Å². The summed E-state index contributed by atoms with van der Waals surface area (Å²) in [5.41, 5.74) is 3.68. The topological polar surface area (TPSA) is 41.9 Å². The van der Waals surface area contributed by atoms with E-state index in [0.717, 1.165) is 22.5 Å². The highest BCUT2D eigenvalue weighted by Crippen LogP contribution is 2.37. The van der Waals surface area contributed by atoms with Crippen molar-refractivity contribution in [2.45, 2.75) is 6.61 Å². The van der Waals surface area contributed by atoms with E-state index in [1.165, 1.54) is 11.8 Å². The van der Waals surface area contributed by atoms with Crippen molar-refractivity contribution >= 4 is 40.3 Å². The minimum absolute atomic E-state index is 0.0724. The highest BCUT2D eigenvalue weighted by Gasteiger charge is 2.34. The Balaban J connectivity index is 1.70. The summed E-state index contributed by atoms with van der Waals surface area (Å²) in [5.74, 6) is -0.0724. The van der Waals surface area contributed by atoms with Crippen molar-refractivity contribution < 1.29 is 9.53 Å². The fourth-order valence-electron chi connectivity index (χ4n) is 2.99. The molecule has 144 valence electrons. The number of para-hydroxylation sites is 2. The van der Waals surface area contributed by atoms with Crippen molar-refractivity contribution in [2.75, 3.05) is 12.0 Å². The Hall–Kier alpha value is -3.15. The van der Waals surface area contributed by atoms with Gasteiger partial charge in [-0.05, 0) is 53.2 Å². The molecule has 0 unspecified atom stereocenters. The number of anilines is 1. The Kier molecular flexibility index (Phi) is 5.89. The fraction of sp³-hybridized carbons (Fsp3) is 0.0833. The molecule has 3 aromatic carbocycles. The number of thioether (sulfide) groups is 1. The molecule has 4 nitrogen and oxygen atoms in total. The highest BCUT2D eigenvalue weighted by molar-refractivity contribution is 8.19. The molecule has 1 aliphatic rings. The van der Waals surface area contributed by atoms with Gasteiger partial charge in [-0.25, -0.2) is 4.99 Å². The summed E-state index contributed by atoms with van der Waals surface area (Å²) in [5, 5.41) is 0.648. The molecular formula is C24H20N2O2S. The normalized spacial score (nSPS) is 16.7. The number of aliphatic imine (C=N–C) groups is 1. The molecule has 29 heavy (non-hydrogen) atoms. The summed E-state index contributed by atoms with van der Waals surface area (Å²) in [4.78, 5) is 20.3. The second-order valence-electron chi connectivity index (χ2n) is 6.49. The first-order chi connectivity index (χ1) is 14.2. The molecule has 0 aromatic heterocycles. The summed E-state index contributed by atoms with van der Waals surface area (Å²) < 4.78 is 5.16. The van der Waals surface area contributed by atoms with Crippen LogP contribution in [0.3, 0.4) is 0 Å². The van der Waals surface area contributed by atoms with Gasteiger partial charge in [-0.2, -0.15) is 0 Å². The van der Waals surface area contributed by atoms with Crippen LogP contribution in [0.4, 0.5) is 11.4 Å². The number of hydrogen-bond acceptors (Lipinski definition) is 4. The quantitative estimate of drug-likeness (QED) is 0.520. The van der Waals surface area contributed by atoms with Crippen molar-refractivity contribution in [1.82, 2.24) is 0 Å². The maximum atomic E-state index is 13.2. The molecule has 1 saturated heterocycles. The first kappa shape index (κ1) is 19.2. The lowest BCUT2D eigenvalue weighted by Gasteiger charge is -2.15. The SMILES string of the molecule is COCc1ccc(C=C2SC(=Nc3ccccc3)N(c3ccccc3)C2=O)cc1. The Labute approximate surface area is 174 Å². The van der Waals surface area contributed by atoms with Crippen LogP contribution in [0.15, 0.2) is 94.8 Å². The van der Waals surface area contributed by atoms with Gasteiger partial charge in [-0.15, -0.1) is 0 Å². The zero-order valence-electron chi connectivity index (χ0n) is 16.0. The van der Waals surface area contributed by atoms with Gasteiger partial charge < -0.3 is 4.74 Å². The molecular weight excluding hydrogens is 380 g/mol. The Morgan fingerprint density at radius 2 is 1.59 bits per heavy atom. The fourth-order valence-corrected chi connectivity index (χ4v) is 4.00. The summed E-state index contributed by atoms with van der Waals surface area (Å²) in [7, 11) is 1.68. The molecule has 0 radical (unpaired) electrons. The number of benzene rings is 3. The first-order valence-corrected chi connectivity index (χ1v) is 10.1.